The molecule has 1 saturated heterocycles. The maximum atomic E-state index is 12.9. The van der Waals surface area contributed by atoms with Crippen molar-refractivity contribution in [3.05, 3.63) is 17.1 Å². The zero-order valence-electron chi connectivity index (χ0n) is 19.4. The second-order valence-corrected chi connectivity index (χ2v) is 11.3. The average Bonchev–Trinajstić information content (AvgIpc) is 3.45. The summed E-state index contributed by atoms with van der Waals surface area (Å²) in [5, 5.41) is 25.7. The molecule has 0 aliphatic carbocycles. The number of thioether (sulfide) groups is 2. The third-order valence-corrected chi connectivity index (χ3v) is 8.23. The summed E-state index contributed by atoms with van der Waals surface area (Å²) in [7, 11) is -3.46. The minimum atomic E-state index is -4.66. The topological polar surface area (TPSA) is 261 Å². The van der Waals surface area contributed by atoms with E-state index in [0.29, 0.717) is 5.57 Å². The number of carbonyl (C=O) groups excluding carboxylic acids is 2. The summed E-state index contributed by atoms with van der Waals surface area (Å²) in [5.74, 6) is -3.80. The molecule has 18 nitrogen and oxygen atoms in total. The van der Waals surface area contributed by atoms with Gasteiger partial charge in [0, 0.05) is 23.0 Å². The fraction of sp³-hybridized carbons (Fsp3) is 0.400. The largest absolute Gasteiger partial charge is 1.00 e. The predicted octanol–water partition coefficient (Wildman–Crippen LogP) is -5.51. The van der Waals surface area contributed by atoms with Crippen LogP contribution < -0.4 is 40.6 Å². The van der Waals surface area contributed by atoms with Gasteiger partial charge in [0.25, 0.3) is 11.8 Å². The molecule has 0 bridgehead atoms. The number of nitrogens with one attached hydrogen (secondary N) is 1. The molecule has 0 aromatic carbocycles. The Kier molecular flexibility index (Phi) is 9.72. The van der Waals surface area contributed by atoms with Gasteiger partial charge in [-0.1, -0.05) is 16.9 Å². The Morgan fingerprint density at radius 3 is 2.76 bits per heavy atom. The molecule has 2 atom stereocenters. The number of aliphatic carboxylic acids is 1. The van der Waals surface area contributed by atoms with Crippen LogP contribution in [0.4, 0.5) is 5.13 Å². The molecule has 1 unspecified atom stereocenters. The van der Waals surface area contributed by atoms with E-state index in [-0.39, 0.29) is 68.6 Å². The molecule has 2 aliphatic rings. The van der Waals surface area contributed by atoms with Crippen molar-refractivity contribution in [1.29, 1.82) is 0 Å². The van der Waals surface area contributed by atoms with E-state index in [0.717, 1.165) is 32.9 Å². The second kappa shape index (κ2) is 12.2. The van der Waals surface area contributed by atoms with Crippen molar-refractivity contribution in [1.82, 2.24) is 39.8 Å². The third-order valence-electron chi connectivity index (χ3n) is 4.74. The van der Waals surface area contributed by atoms with Crippen LogP contribution in [0.1, 0.15) is 5.82 Å². The number of rotatable bonds is 10. The fourth-order valence-electron chi connectivity index (χ4n) is 3.29. The molecule has 0 radical (unpaired) electrons. The van der Waals surface area contributed by atoms with Crippen molar-refractivity contribution < 1.29 is 66.9 Å². The standard InChI is InChI=1S/C15H16N10O8S4.Na/c1-33-20-6(9-18-14(16)36-21-9)10(26)17-7-11(27)25-8(13(28)29)5(2-34-12(7)25)3-35-15-19-22-23-24(15)4-37(30,31)32;/h7,12H,2-4H2,1H3,(H,17,26)(H,28,29)(H2,16,18,21)(H,30,31,32);/q;+1/p-1/t7?,12-;/m1./s1. The van der Waals surface area contributed by atoms with Crippen LogP contribution in [0.25, 0.3) is 0 Å². The van der Waals surface area contributed by atoms with E-state index in [4.69, 9.17) is 5.73 Å². The van der Waals surface area contributed by atoms with Crippen LogP contribution in [0.15, 0.2) is 21.6 Å². The van der Waals surface area contributed by atoms with Crippen LogP contribution >= 0.6 is 35.1 Å². The first kappa shape index (κ1) is 30.2. The number of anilines is 1. The van der Waals surface area contributed by atoms with E-state index in [9.17, 15) is 32.5 Å². The number of nitrogens with zero attached hydrogens (tertiary/aromatic N) is 8. The van der Waals surface area contributed by atoms with Gasteiger partial charge in [-0.3, -0.25) is 14.5 Å². The Morgan fingerprint density at radius 2 is 2.16 bits per heavy atom. The van der Waals surface area contributed by atoms with Crippen LogP contribution in [0.3, 0.4) is 0 Å². The molecule has 2 aromatic heterocycles. The van der Waals surface area contributed by atoms with E-state index < -0.39 is 45.2 Å². The first-order valence-corrected chi connectivity index (χ1v) is 14.1. The molecule has 38 heavy (non-hydrogen) atoms. The van der Waals surface area contributed by atoms with Crippen molar-refractivity contribution in [2.75, 3.05) is 24.3 Å². The van der Waals surface area contributed by atoms with Crippen molar-refractivity contribution in [2.24, 2.45) is 5.16 Å². The van der Waals surface area contributed by atoms with Crippen LogP contribution in [0, 0.1) is 0 Å². The van der Waals surface area contributed by atoms with Gasteiger partial charge in [-0.05, 0) is 16.0 Å². The van der Waals surface area contributed by atoms with Crippen LogP contribution in [-0.2, 0) is 35.2 Å². The zero-order valence-corrected chi connectivity index (χ0v) is 24.6. The Bertz CT molecular complexity index is 1430. The van der Waals surface area contributed by atoms with Gasteiger partial charge in [0.15, 0.2) is 5.13 Å². The van der Waals surface area contributed by atoms with Gasteiger partial charge < -0.3 is 25.5 Å². The molecule has 2 amide bonds. The molecule has 1 fully saturated rings. The number of β-lactam (4-membered cyclic amide) rings is 1. The third kappa shape index (κ3) is 6.44. The molecule has 2 aromatic rings. The maximum Gasteiger partial charge on any atom is 1.00 e. The number of tetrazole rings is 1. The van der Waals surface area contributed by atoms with Gasteiger partial charge >= 0.3 is 35.5 Å². The van der Waals surface area contributed by atoms with Gasteiger partial charge in [0.1, 0.15) is 40.2 Å². The summed E-state index contributed by atoms with van der Waals surface area (Å²) >= 11 is 2.94. The first-order valence-electron chi connectivity index (χ1n) is 9.74. The first-order chi connectivity index (χ1) is 17.5. The number of carboxylic acids is 1. The quantitative estimate of drug-likeness (QED) is 0.0563. The Morgan fingerprint density at radius 1 is 1.42 bits per heavy atom. The zero-order chi connectivity index (χ0) is 26.9. The number of nitrogens with two attached hydrogens (primary N) is 1. The molecule has 2 aliphatic heterocycles. The number of nitrogen functional groups attached to an aromatic ring is 1. The minimum absolute atomic E-state index is 0. The van der Waals surface area contributed by atoms with E-state index in [2.05, 4.69) is 40.2 Å². The van der Waals surface area contributed by atoms with E-state index >= 15 is 0 Å². The molecule has 4 N–H and O–H groups in total. The number of hydrogen-bond acceptors (Lipinski definition) is 17. The summed E-state index contributed by atoms with van der Waals surface area (Å²) in [6.45, 7) is 0. The maximum absolute atomic E-state index is 12.9. The summed E-state index contributed by atoms with van der Waals surface area (Å²) in [4.78, 5) is 47.3. The van der Waals surface area contributed by atoms with Crippen LogP contribution in [-0.4, -0.2) is 106 Å². The van der Waals surface area contributed by atoms with E-state index in [1.807, 2.05) is 0 Å². The van der Waals surface area contributed by atoms with Crippen molar-refractivity contribution in [3.63, 3.8) is 0 Å². The molecular formula is C15H15N10NaO8S4. The Balaban J connectivity index is 0.00000400. The number of hydrogen-bond donors (Lipinski definition) is 3. The summed E-state index contributed by atoms with van der Waals surface area (Å²) < 4.78 is 37.7. The normalized spacial score (nSPS) is 19.4. The molecule has 23 heteroatoms. The number of amides is 2. The fourth-order valence-corrected chi connectivity index (χ4v) is 6.64. The molecular weight excluding hydrogens is 599 g/mol. The van der Waals surface area contributed by atoms with Crippen LogP contribution in [0.2, 0.25) is 0 Å². The Hall–Kier alpha value is -2.34. The van der Waals surface area contributed by atoms with Crippen molar-refractivity contribution in [2.45, 2.75) is 22.4 Å². The molecule has 198 valence electrons. The van der Waals surface area contributed by atoms with Gasteiger partial charge in [-0.15, -0.1) is 16.9 Å². The monoisotopic (exact) mass is 614 g/mol. The van der Waals surface area contributed by atoms with Crippen molar-refractivity contribution >= 4 is 73.8 Å². The average molecular weight is 615 g/mol. The number of carboxylic acid groups (broad SMARTS) is 1. The number of aromatic nitrogens is 6. The summed E-state index contributed by atoms with van der Waals surface area (Å²) in [5.41, 5.74) is 5.29. The SMILES string of the molecule is CON=C(C(=O)NC1C(=O)N2C(C(=O)O)=C(CSc3nnnn3CS(=O)(=O)[O-])CS[C@H]12)c1nsc(N)n1.[Na+]. The number of fused-ring (bicyclic) bond motifs is 1. The molecule has 0 spiro atoms. The van der Waals surface area contributed by atoms with E-state index in [1.54, 1.807) is 0 Å². The minimum Gasteiger partial charge on any atom is -0.747 e. The summed E-state index contributed by atoms with van der Waals surface area (Å²) in [6.07, 6.45) is 0. The van der Waals surface area contributed by atoms with E-state index in [1.165, 1.54) is 18.9 Å². The van der Waals surface area contributed by atoms with Gasteiger partial charge in [-0.2, -0.15) is 9.36 Å². The van der Waals surface area contributed by atoms with Crippen LogP contribution in [0.5, 0.6) is 0 Å². The molecule has 4 heterocycles. The predicted molar refractivity (Wildman–Crippen MR) is 126 cm³/mol. The molecule has 0 saturated carbocycles. The van der Waals surface area contributed by atoms with Gasteiger partial charge in [0.2, 0.25) is 16.7 Å². The van der Waals surface area contributed by atoms with Crippen molar-refractivity contribution in [3.8, 4) is 0 Å². The Labute approximate surface area is 248 Å². The summed E-state index contributed by atoms with van der Waals surface area (Å²) in [6, 6.07) is -1.06. The number of oxime groups is 1. The smallest absolute Gasteiger partial charge is 0.747 e. The number of carbonyl (C=O) groups is 3. The second-order valence-electron chi connectivity index (χ2n) is 7.13. The molecule has 4 rings (SSSR count). The van der Waals surface area contributed by atoms with Gasteiger partial charge in [-0.25, -0.2) is 17.9 Å². The van der Waals surface area contributed by atoms with Gasteiger partial charge in [0.05, 0.1) is 0 Å².